The highest BCUT2D eigenvalue weighted by Gasteiger charge is 2.41. The Bertz CT molecular complexity index is 221. The molecule has 0 saturated heterocycles. The van der Waals surface area contributed by atoms with Gasteiger partial charge in [0.25, 0.3) is 0 Å². The summed E-state index contributed by atoms with van der Waals surface area (Å²) in [6.45, 7) is 9.79. The van der Waals surface area contributed by atoms with E-state index in [-0.39, 0.29) is 0 Å². The summed E-state index contributed by atoms with van der Waals surface area (Å²) < 4.78 is 0. The zero-order chi connectivity index (χ0) is 11.3. The van der Waals surface area contributed by atoms with Gasteiger partial charge in [-0.1, -0.05) is 31.9 Å². The number of hydrogen-bond acceptors (Lipinski definition) is 1. The van der Waals surface area contributed by atoms with E-state index in [1.54, 1.807) is 0 Å². The van der Waals surface area contributed by atoms with Crippen LogP contribution >= 0.6 is 0 Å². The van der Waals surface area contributed by atoms with Crippen molar-refractivity contribution in [3.05, 3.63) is 25.3 Å². The van der Waals surface area contributed by atoms with Crippen LogP contribution in [0, 0.1) is 11.8 Å². The maximum absolute atomic E-state index is 10.6. The second-order valence-corrected chi connectivity index (χ2v) is 4.79. The molecule has 1 nitrogen and oxygen atoms in total. The first-order valence-electron chi connectivity index (χ1n) is 6.12. The summed E-state index contributed by atoms with van der Waals surface area (Å²) in [5.74, 6) is 1.04. The Morgan fingerprint density at radius 1 is 1.40 bits per heavy atom. The van der Waals surface area contributed by atoms with Gasteiger partial charge < -0.3 is 5.11 Å². The molecule has 0 aromatic heterocycles. The predicted octanol–water partition coefficient (Wildman–Crippen LogP) is 3.70. The van der Waals surface area contributed by atoms with Crippen LogP contribution in [0.3, 0.4) is 0 Å². The molecule has 1 fully saturated rings. The van der Waals surface area contributed by atoms with Crippen molar-refractivity contribution >= 4 is 0 Å². The standard InChI is InChI=1S/C14H24O/c1-4-8-13-12(6-3)9-7-11-14(13,15)10-5-2/h4-5,12-13,15H,1-2,6-11H2,3H3. The maximum atomic E-state index is 10.6. The summed E-state index contributed by atoms with van der Waals surface area (Å²) in [7, 11) is 0. The lowest BCUT2D eigenvalue weighted by Crippen LogP contribution is -2.44. The third-order valence-corrected chi connectivity index (χ3v) is 3.89. The average molecular weight is 208 g/mol. The third kappa shape index (κ3) is 2.72. The zero-order valence-corrected chi connectivity index (χ0v) is 9.91. The molecule has 15 heavy (non-hydrogen) atoms. The molecular formula is C14H24O. The van der Waals surface area contributed by atoms with Gasteiger partial charge >= 0.3 is 0 Å². The van der Waals surface area contributed by atoms with E-state index in [0.717, 1.165) is 32.1 Å². The summed E-state index contributed by atoms with van der Waals surface area (Å²) in [5.41, 5.74) is -0.519. The van der Waals surface area contributed by atoms with Crippen LogP contribution in [0.2, 0.25) is 0 Å². The Morgan fingerprint density at radius 3 is 2.67 bits per heavy atom. The molecule has 0 amide bonds. The minimum atomic E-state index is -0.519. The molecule has 1 aliphatic carbocycles. The van der Waals surface area contributed by atoms with Crippen LogP contribution in [-0.2, 0) is 0 Å². The number of allylic oxidation sites excluding steroid dienone is 1. The van der Waals surface area contributed by atoms with Crippen LogP contribution in [0.1, 0.15) is 45.4 Å². The van der Waals surface area contributed by atoms with Gasteiger partial charge in [0.15, 0.2) is 0 Å². The van der Waals surface area contributed by atoms with E-state index in [4.69, 9.17) is 0 Å². The van der Waals surface area contributed by atoms with Crippen LogP contribution < -0.4 is 0 Å². The molecule has 3 unspecified atom stereocenters. The van der Waals surface area contributed by atoms with Gasteiger partial charge in [-0.15, -0.1) is 13.2 Å². The molecule has 3 atom stereocenters. The first-order valence-corrected chi connectivity index (χ1v) is 6.12. The predicted molar refractivity (Wildman–Crippen MR) is 65.7 cm³/mol. The van der Waals surface area contributed by atoms with E-state index < -0.39 is 5.60 Å². The summed E-state index contributed by atoms with van der Waals surface area (Å²) >= 11 is 0. The van der Waals surface area contributed by atoms with Crippen molar-refractivity contribution < 1.29 is 5.11 Å². The Balaban J connectivity index is 2.81. The molecule has 0 heterocycles. The Hall–Kier alpha value is -0.560. The van der Waals surface area contributed by atoms with Crippen molar-refractivity contribution in [2.75, 3.05) is 0 Å². The van der Waals surface area contributed by atoms with E-state index in [1.807, 2.05) is 12.2 Å². The van der Waals surface area contributed by atoms with E-state index in [9.17, 15) is 5.11 Å². The molecule has 1 saturated carbocycles. The van der Waals surface area contributed by atoms with Crippen LogP contribution in [0.25, 0.3) is 0 Å². The minimum Gasteiger partial charge on any atom is -0.389 e. The van der Waals surface area contributed by atoms with E-state index >= 15 is 0 Å². The van der Waals surface area contributed by atoms with Crippen molar-refractivity contribution in [1.82, 2.24) is 0 Å². The highest BCUT2D eigenvalue weighted by Crippen LogP contribution is 2.43. The Kier molecular flexibility index (Phi) is 4.59. The number of rotatable bonds is 5. The normalized spacial score (nSPS) is 36.1. The fraction of sp³-hybridized carbons (Fsp3) is 0.714. The van der Waals surface area contributed by atoms with Crippen LogP contribution in [-0.4, -0.2) is 10.7 Å². The van der Waals surface area contributed by atoms with Gasteiger partial charge in [-0.3, -0.25) is 0 Å². The molecule has 0 aromatic rings. The molecule has 0 aliphatic heterocycles. The maximum Gasteiger partial charge on any atom is 0.0715 e. The largest absolute Gasteiger partial charge is 0.389 e. The lowest BCUT2D eigenvalue weighted by molar-refractivity contribution is -0.0711. The molecular weight excluding hydrogens is 184 g/mol. The summed E-state index contributed by atoms with van der Waals surface area (Å²) in [4.78, 5) is 0. The summed E-state index contributed by atoms with van der Waals surface area (Å²) in [6.07, 6.45) is 9.96. The summed E-state index contributed by atoms with van der Waals surface area (Å²) in [6, 6.07) is 0. The summed E-state index contributed by atoms with van der Waals surface area (Å²) in [5, 5.41) is 10.6. The van der Waals surface area contributed by atoms with Gasteiger partial charge in [0.1, 0.15) is 0 Å². The van der Waals surface area contributed by atoms with Crippen molar-refractivity contribution in [2.24, 2.45) is 11.8 Å². The highest BCUT2D eigenvalue weighted by molar-refractivity contribution is 4.99. The zero-order valence-electron chi connectivity index (χ0n) is 9.91. The fourth-order valence-corrected chi connectivity index (χ4v) is 3.08. The van der Waals surface area contributed by atoms with Crippen molar-refractivity contribution in [1.29, 1.82) is 0 Å². The molecule has 1 rings (SSSR count). The molecule has 86 valence electrons. The molecule has 0 aromatic carbocycles. The molecule has 0 bridgehead atoms. The van der Waals surface area contributed by atoms with Crippen LogP contribution in [0.15, 0.2) is 25.3 Å². The van der Waals surface area contributed by atoms with Crippen molar-refractivity contribution in [2.45, 2.75) is 51.0 Å². The second kappa shape index (κ2) is 5.50. The Morgan fingerprint density at radius 2 is 2.13 bits per heavy atom. The lowest BCUT2D eigenvalue weighted by Gasteiger charge is -2.44. The topological polar surface area (TPSA) is 20.2 Å². The number of aliphatic hydroxyl groups is 1. The third-order valence-electron chi connectivity index (χ3n) is 3.89. The quantitative estimate of drug-likeness (QED) is 0.683. The fourth-order valence-electron chi connectivity index (χ4n) is 3.08. The molecule has 0 spiro atoms. The van der Waals surface area contributed by atoms with E-state index in [2.05, 4.69) is 20.1 Å². The minimum absolute atomic E-state index is 0.381. The molecule has 1 N–H and O–H groups in total. The van der Waals surface area contributed by atoms with Gasteiger partial charge in [0, 0.05) is 0 Å². The molecule has 0 radical (unpaired) electrons. The monoisotopic (exact) mass is 208 g/mol. The smallest absolute Gasteiger partial charge is 0.0715 e. The lowest BCUT2D eigenvalue weighted by atomic mass is 9.65. The van der Waals surface area contributed by atoms with E-state index in [1.165, 1.54) is 6.42 Å². The molecule has 1 heteroatoms. The second-order valence-electron chi connectivity index (χ2n) is 4.79. The van der Waals surface area contributed by atoms with Crippen molar-refractivity contribution in [3.8, 4) is 0 Å². The average Bonchev–Trinajstić information content (AvgIpc) is 2.22. The van der Waals surface area contributed by atoms with Crippen LogP contribution in [0.5, 0.6) is 0 Å². The first kappa shape index (κ1) is 12.5. The Labute approximate surface area is 93.9 Å². The first-order chi connectivity index (χ1) is 7.18. The van der Waals surface area contributed by atoms with Gasteiger partial charge in [-0.2, -0.15) is 0 Å². The van der Waals surface area contributed by atoms with Gasteiger partial charge in [-0.05, 0) is 37.5 Å². The van der Waals surface area contributed by atoms with Crippen LogP contribution in [0.4, 0.5) is 0 Å². The van der Waals surface area contributed by atoms with Crippen molar-refractivity contribution in [3.63, 3.8) is 0 Å². The van der Waals surface area contributed by atoms with E-state index in [0.29, 0.717) is 11.8 Å². The van der Waals surface area contributed by atoms with Gasteiger partial charge in [-0.25, -0.2) is 0 Å². The number of hydrogen-bond donors (Lipinski definition) is 1. The van der Waals surface area contributed by atoms with Gasteiger partial charge in [0.05, 0.1) is 5.60 Å². The highest BCUT2D eigenvalue weighted by atomic mass is 16.3. The SMILES string of the molecule is C=CCC1C(CC)CCCC1(O)CC=C. The van der Waals surface area contributed by atoms with Gasteiger partial charge in [0.2, 0.25) is 0 Å². The molecule has 1 aliphatic rings.